The minimum absolute atomic E-state index is 0.0133. The fourth-order valence-corrected chi connectivity index (χ4v) is 3.73. The van der Waals surface area contributed by atoms with Gasteiger partial charge in [0.1, 0.15) is 0 Å². The van der Waals surface area contributed by atoms with E-state index in [1.54, 1.807) is 32.6 Å². The Hall–Kier alpha value is -3.68. The molecule has 1 saturated heterocycles. The molecule has 1 aliphatic rings. The van der Waals surface area contributed by atoms with Gasteiger partial charge in [-0.05, 0) is 41.0 Å². The van der Waals surface area contributed by atoms with E-state index in [9.17, 15) is 4.79 Å². The van der Waals surface area contributed by atoms with Gasteiger partial charge < -0.3 is 9.47 Å². The zero-order chi connectivity index (χ0) is 22.3. The van der Waals surface area contributed by atoms with E-state index in [-0.39, 0.29) is 17.9 Å². The summed E-state index contributed by atoms with van der Waals surface area (Å²) in [5.41, 5.74) is 12.8. The Morgan fingerprint density at radius 2 is 1.69 bits per heavy atom. The summed E-state index contributed by atoms with van der Waals surface area (Å²) in [5, 5.41) is 4.20. The summed E-state index contributed by atoms with van der Waals surface area (Å²) < 4.78 is 10.7. The van der Waals surface area contributed by atoms with Gasteiger partial charge in [0.05, 0.1) is 20.3 Å². The van der Waals surface area contributed by atoms with E-state index in [2.05, 4.69) is 21.4 Å². The van der Waals surface area contributed by atoms with E-state index in [0.29, 0.717) is 23.6 Å². The van der Waals surface area contributed by atoms with Gasteiger partial charge in [0.25, 0.3) is 5.91 Å². The average molecular weight is 431 g/mol. The van der Waals surface area contributed by atoms with Crippen molar-refractivity contribution in [2.24, 2.45) is 11.0 Å². The van der Waals surface area contributed by atoms with Crippen LogP contribution in [-0.4, -0.2) is 32.9 Å². The average Bonchev–Trinajstić information content (AvgIpc) is 3.32. The molecule has 0 spiro atoms. The van der Waals surface area contributed by atoms with Crippen LogP contribution >= 0.6 is 0 Å². The summed E-state index contributed by atoms with van der Waals surface area (Å²) in [5.74, 6) is 1.15. The largest absolute Gasteiger partial charge is 0.493 e. The van der Waals surface area contributed by atoms with Crippen molar-refractivity contribution in [1.82, 2.24) is 16.3 Å². The lowest BCUT2D eigenvalue weighted by Crippen LogP contribution is -2.25. The van der Waals surface area contributed by atoms with Crippen molar-refractivity contribution in [2.75, 3.05) is 20.8 Å². The Labute approximate surface area is 187 Å². The van der Waals surface area contributed by atoms with Crippen LogP contribution in [0.25, 0.3) is 11.1 Å². The highest BCUT2D eigenvalue weighted by Crippen LogP contribution is 2.32. The van der Waals surface area contributed by atoms with Gasteiger partial charge in [0.2, 0.25) is 0 Å². The van der Waals surface area contributed by atoms with Crippen molar-refractivity contribution in [3.05, 3.63) is 83.9 Å². The molecule has 0 aromatic heterocycles. The third kappa shape index (κ3) is 4.80. The SMILES string of the molecule is COc1ccc(C2NNCC2/C=N/NC(=O)c2ccc(-c3ccccc3)cc2)cc1OC. The van der Waals surface area contributed by atoms with E-state index in [1.165, 1.54) is 0 Å². The predicted octanol–water partition coefficient (Wildman–Crippen LogP) is 3.55. The van der Waals surface area contributed by atoms with E-state index < -0.39 is 0 Å². The molecule has 7 heteroatoms. The normalized spacial score (nSPS) is 17.9. The number of hydrazone groups is 1. The maximum Gasteiger partial charge on any atom is 0.271 e. The summed E-state index contributed by atoms with van der Waals surface area (Å²) in [4.78, 5) is 12.5. The van der Waals surface area contributed by atoms with Crippen LogP contribution in [0.5, 0.6) is 11.5 Å². The third-order valence-electron chi connectivity index (χ3n) is 5.48. The summed E-state index contributed by atoms with van der Waals surface area (Å²) in [6.45, 7) is 0.685. The highest BCUT2D eigenvalue weighted by Gasteiger charge is 2.27. The number of hydrazine groups is 1. The first-order valence-corrected chi connectivity index (χ1v) is 10.4. The van der Waals surface area contributed by atoms with Gasteiger partial charge in [0, 0.05) is 24.2 Å². The molecule has 0 saturated carbocycles. The Balaban J connectivity index is 1.39. The van der Waals surface area contributed by atoms with Gasteiger partial charge in [-0.3, -0.25) is 10.2 Å². The molecular weight excluding hydrogens is 404 g/mol. The number of hydrogen-bond acceptors (Lipinski definition) is 6. The molecule has 1 aliphatic heterocycles. The van der Waals surface area contributed by atoms with E-state index in [0.717, 1.165) is 16.7 Å². The lowest BCUT2D eigenvalue weighted by Gasteiger charge is -2.17. The third-order valence-corrected chi connectivity index (χ3v) is 5.48. The molecule has 0 bridgehead atoms. The molecule has 1 heterocycles. The zero-order valence-corrected chi connectivity index (χ0v) is 18.0. The van der Waals surface area contributed by atoms with E-state index in [4.69, 9.17) is 9.47 Å². The molecule has 0 radical (unpaired) electrons. The van der Waals surface area contributed by atoms with Crippen molar-refractivity contribution < 1.29 is 14.3 Å². The minimum Gasteiger partial charge on any atom is -0.493 e. The molecule has 2 atom stereocenters. The molecule has 0 aliphatic carbocycles. The second-order valence-electron chi connectivity index (χ2n) is 7.44. The quantitative estimate of drug-likeness (QED) is 0.394. The lowest BCUT2D eigenvalue weighted by atomic mass is 9.95. The van der Waals surface area contributed by atoms with Crippen LogP contribution in [0.2, 0.25) is 0 Å². The monoisotopic (exact) mass is 430 g/mol. The van der Waals surface area contributed by atoms with Gasteiger partial charge in [-0.2, -0.15) is 5.10 Å². The Kier molecular flexibility index (Phi) is 6.79. The van der Waals surface area contributed by atoms with Crippen molar-refractivity contribution in [3.63, 3.8) is 0 Å². The number of nitrogens with zero attached hydrogens (tertiary/aromatic N) is 1. The van der Waals surface area contributed by atoms with E-state index in [1.807, 2.05) is 60.7 Å². The van der Waals surface area contributed by atoms with Crippen LogP contribution in [0.3, 0.4) is 0 Å². The van der Waals surface area contributed by atoms with Crippen molar-refractivity contribution in [2.45, 2.75) is 6.04 Å². The fourth-order valence-electron chi connectivity index (χ4n) is 3.73. The Morgan fingerprint density at radius 3 is 2.41 bits per heavy atom. The first-order chi connectivity index (χ1) is 15.7. The van der Waals surface area contributed by atoms with Crippen LogP contribution in [0.1, 0.15) is 22.0 Å². The maximum atomic E-state index is 12.5. The summed E-state index contributed by atoms with van der Waals surface area (Å²) in [7, 11) is 3.23. The van der Waals surface area contributed by atoms with Crippen LogP contribution in [-0.2, 0) is 0 Å². The van der Waals surface area contributed by atoms with Crippen LogP contribution in [0.4, 0.5) is 0 Å². The lowest BCUT2D eigenvalue weighted by molar-refractivity contribution is 0.0955. The number of rotatable bonds is 7. The fraction of sp³-hybridized carbons (Fsp3) is 0.200. The van der Waals surface area contributed by atoms with Gasteiger partial charge in [-0.1, -0.05) is 48.5 Å². The Morgan fingerprint density at radius 1 is 0.969 bits per heavy atom. The zero-order valence-electron chi connectivity index (χ0n) is 18.0. The highest BCUT2D eigenvalue weighted by atomic mass is 16.5. The standard InChI is InChI=1S/C25H26N4O3/c1-31-22-13-12-20(14-23(22)32-2)24-21(15-26-28-24)16-27-29-25(30)19-10-8-18(9-11-19)17-6-4-3-5-7-17/h3-14,16,21,24,26,28H,15H2,1-2H3,(H,29,30)/b27-16+. The molecule has 3 N–H and O–H groups in total. The molecule has 164 valence electrons. The molecular formula is C25H26N4O3. The number of carbonyl (C=O) groups is 1. The summed E-state index contributed by atoms with van der Waals surface area (Å²) >= 11 is 0. The number of ether oxygens (including phenoxy) is 2. The topological polar surface area (TPSA) is 84.0 Å². The molecule has 7 nitrogen and oxygen atoms in total. The van der Waals surface area contributed by atoms with Crippen molar-refractivity contribution in [1.29, 1.82) is 0 Å². The van der Waals surface area contributed by atoms with Crippen LogP contribution in [0, 0.1) is 5.92 Å². The van der Waals surface area contributed by atoms with Gasteiger partial charge in [-0.25, -0.2) is 10.9 Å². The van der Waals surface area contributed by atoms with Gasteiger partial charge in [0.15, 0.2) is 11.5 Å². The summed E-state index contributed by atoms with van der Waals surface area (Å²) in [6.07, 6.45) is 1.75. The first kappa shape index (κ1) is 21.5. The number of nitrogens with one attached hydrogen (secondary N) is 3. The predicted molar refractivity (Wildman–Crippen MR) is 125 cm³/mol. The number of carbonyl (C=O) groups excluding carboxylic acids is 1. The summed E-state index contributed by atoms with van der Waals surface area (Å²) in [6, 6.07) is 23.3. The smallest absolute Gasteiger partial charge is 0.271 e. The van der Waals surface area contributed by atoms with Gasteiger partial charge in [-0.15, -0.1) is 0 Å². The number of benzene rings is 3. The minimum atomic E-state index is -0.248. The second kappa shape index (κ2) is 10.1. The Bertz CT molecular complexity index is 1080. The molecule has 4 rings (SSSR count). The number of methoxy groups -OCH3 is 2. The molecule has 3 aromatic carbocycles. The first-order valence-electron chi connectivity index (χ1n) is 10.4. The molecule has 32 heavy (non-hydrogen) atoms. The van der Waals surface area contributed by atoms with Crippen molar-refractivity contribution >= 4 is 12.1 Å². The maximum absolute atomic E-state index is 12.5. The molecule has 2 unspecified atom stereocenters. The number of amides is 1. The van der Waals surface area contributed by atoms with Crippen LogP contribution in [0.15, 0.2) is 77.9 Å². The van der Waals surface area contributed by atoms with Crippen molar-refractivity contribution in [3.8, 4) is 22.6 Å². The van der Waals surface area contributed by atoms with Crippen LogP contribution < -0.4 is 25.8 Å². The highest BCUT2D eigenvalue weighted by molar-refractivity contribution is 5.94. The molecule has 3 aromatic rings. The second-order valence-corrected chi connectivity index (χ2v) is 7.44. The molecule has 1 fully saturated rings. The molecule has 1 amide bonds. The van der Waals surface area contributed by atoms with E-state index >= 15 is 0 Å². The number of hydrogen-bond donors (Lipinski definition) is 3. The van der Waals surface area contributed by atoms with Gasteiger partial charge >= 0.3 is 0 Å².